The van der Waals surface area contributed by atoms with Crippen molar-refractivity contribution in [1.82, 2.24) is 4.90 Å². The number of nitrogens with two attached hydrogens (primary N) is 1. The lowest BCUT2D eigenvalue weighted by atomic mass is 9.79. The fraction of sp³-hybridized carbons (Fsp3) is 0.529. The molecular formula is C17H24N2O3. The fourth-order valence-electron chi connectivity index (χ4n) is 2.98. The second kappa shape index (κ2) is 6.48. The molecule has 0 aromatic heterocycles. The highest BCUT2D eigenvalue weighted by atomic mass is 16.4. The quantitative estimate of drug-likeness (QED) is 0.891. The largest absolute Gasteiger partial charge is 0.481 e. The predicted molar refractivity (Wildman–Crippen MR) is 84.1 cm³/mol. The number of benzene rings is 1. The van der Waals surface area contributed by atoms with Gasteiger partial charge < -0.3 is 15.7 Å². The number of carbonyl (C=O) groups is 2. The Morgan fingerprint density at radius 2 is 1.95 bits per heavy atom. The van der Waals surface area contributed by atoms with Crippen LogP contribution >= 0.6 is 0 Å². The molecule has 0 spiro atoms. The van der Waals surface area contributed by atoms with Crippen molar-refractivity contribution in [3.8, 4) is 0 Å². The summed E-state index contributed by atoms with van der Waals surface area (Å²) in [6.07, 6.45) is 1.35. The number of carbonyl (C=O) groups excluding carboxylic acids is 1. The summed E-state index contributed by atoms with van der Waals surface area (Å²) < 4.78 is 0. The van der Waals surface area contributed by atoms with Crippen LogP contribution < -0.4 is 5.73 Å². The van der Waals surface area contributed by atoms with Gasteiger partial charge in [0.1, 0.15) is 0 Å². The van der Waals surface area contributed by atoms with Gasteiger partial charge in [0, 0.05) is 19.1 Å². The van der Waals surface area contributed by atoms with Gasteiger partial charge in [-0.2, -0.15) is 0 Å². The van der Waals surface area contributed by atoms with Crippen molar-refractivity contribution in [3.05, 3.63) is 35.9 Å². The summed E-state index contributed by atoms with van der Waals surface area (Å²) in [5.74, 6) is -1.38. The Hall–Kier alpha value is -1.88. The average Bonchev–Trinajstić information content (AvgIpc) is 2.54. The Kier molecular flexibility index (Phi) is 4.86. The summed E-state index contributed by atoms with van der Waals surface area (Å²) in [4.78, 5) is 25.7. The number of carboxylic acids is 1. The zero-order valence-corrected chi connectivity index (χ0v) is 13.2. The second-order valence-corrected chi connectivity index (χ2v) is 6.54. The van der Waals surface area contributed by atoms with Crippen LogP contribution in [0.5, 0.6) is 0 Å². The third kappa shape index (κ3) is 3.30. The zero-order chi connectivity index (χ0) is 16.3. The molecule has 120 valence electrons. The molecule has 1 aliphatic rings. The third-order valence-electron chi connectivity index (χ3n) is 4.55. The van der Waals surface area contributed by atoms with Gasteiger partial charge in [-0.05, 0) is 32.3 Å². The van der Waals surface area contributed by atoms with E-state index in [1.807, 2.05) is 44.2 Å². The van der Waals surface area contributed by atoms with Gasteiger partial charge in [0.25, 0.3) is 0 Å². The van der Waals surface area contributed by atoms with Gasteiger partial charge in [-0.25, -0.2) is 0 Å². The fourth-order valence-corrected chi connectivity index (χ4v) is 2.98. The van der Waals surface area contributed by atoms with Crippen molar-refractivity contribution in [2.45, 2.75) is 32.7 Å². The lowest BCUT2D eigenvalue weighted by molar-refractivity contribution is -0.149. The number of carboxylic acid groups (broad SMARTS) is 1. The van der Waals surface area contributed by atoms with Crippen molar-refractivity contribution in [2.75, 3.05) is 13.1 Å². The van der Waals surface area contributed by atoms with Crippen LogP contribution in [0.3, 0.4) is 0 Å². The summed E-state index contributed by atoms with van der Waals surface area (Å²) in [5, 5.41) is 9.17. The molecule has 1 amide bonds. The molecule has 0 bridgehead atoms. The number of hydrogen-bond donors (Lipinski definition) is 2. The molecule has 1 fully saturated rings. The maximum Gasteiger partial charge on any atom is 0.308 e. The number of aliphatic carboxylic acids is 1. The van der Waals surface area contributed by atoms with E-state index in [4.69, 9.17) is 10.8 Å². The highest BCUT2D eigenvalue weighted by Gasteiger charge is 2.40. The van der Waals surface area contributed by atoms with Crippen molar-refractivity contribution < 1.29 is 14.7 Å². The van der Waals surface area contributed by atoms with E-state index >= 15 is 0 Å². The third-order valence-corrected chi connectivity index (χ3v) is 4.55. The molecule has 0 saturated carbocycles. The average molecular weight is 304 g/mol. The minimum absolute atomic E-state index is 0.0743. The summed E-state index contributed by atoms with van der Waals surface area (Å²) in [6.45, 7) is 4.54. The smallest absolute Gasteiger partial charge is 0.308 e. The predicted octanol–water partition coefficient (Wildman–Crippen LogP) is 2.04. The molecular weight excluding hydrogens is 280 g/mol. The molecule has 1 saturated heterocycles. The van der Waals surface area contributed by atoms with Gasteiger partial charge in [0.2, 0.25) is 5.91 Å². The first-order valence-electron chi connectivity index (χ1n) is 7.66. The van der Waals surface area contributed by atoms with Gasteiger partial charge >= 0.3 is 5.97 Å². The molecule has 2 rings (SSSR count). The Bertz CT molecular complexity index is 542. The summed E-state index contributed by atoms with van der Waals surface area (Å²) in [6, 6.07) is 9.11. The van der Waals surface area contributed by atoms with Gasteiger partial charge in [-0.3, -0.25) is 9.59 Å². The summed E-state index contributed by atoms with van der Waals surface area (Å²) >= 11 is 0. The standard InChI is InChI=1S/C17H24N2O3/c1-17(2,14(18)12-7-4-3-5-8-12)16(22)19-10-6-9-13(11-19)15(20)21/h3-5,7-8,13-14H,6,9-11,18H2,1-2H3,(H,20,21). The Balaban J connectivity index is 2.14. The van der Waals surface area contributed by atoms with E-state index in [-0.39, 0.29) is 12.5 Å². The molecule has 5 heteroatoms. The Morgan fingerprint density at radius 3 is 2.55 bits per heavy atom. The first-order chi connectivity index (χ1) is 10.3. The van der Waals surface area contributed by atoms with Crippen LogP contribution in [0.4, 0.5) is 0 Å². The van der Waals surface area contributed by atoms with Crippen LogP contribution in [-0.4, -0.2) is 35.0 Å². The van der Waals surface area contributed by atoms with E-state index in [9.17, 15) is 9.59 Å². The van der Waals surface area contributed by atoms with E-state index in [1.165, 1.54) is 0 Å². The molecule has 1 heterocycles. The molecule has 1 aromatic rings. The highest BCUT2D eigenvalue weighted by Crippen LogP contribution is 2.34. The van der Waals surface area contributed by atoms with Gasteiger partial charge in [-0.1, -0.05) is 30.3 Å². The van der Waals surface area contributed by atoms with Crippen LogP contribution in [-0.2, 0) is 9.59 Å². The number of likely N-dealkylation sites (tertiary alicyclic amines) is 1. The molecule has 0 aliphatic carbocycles. The molecule has 2 atom stereocenters. The van der Waals surface area contributed by atoms with E-state index in [0.717, 1.165) is 12.0 Å². The van der Waals surface area contributed by atoms with Crippen LogP contribution in [0.25, 0.3) is 0 Å². The van der Waals surface area contributed by atoms with Crippen LogP contribution in [0.15, 0.2) is 30.3 Å². The minimum atomic E-state index is -0.831. The summed E-state index contributed by atoms with van der Waals surface area (Å²) in [5.41, 5.74) is 6.44. The topological polar surface area (TPSA) is 83.6 Å². The van der Waals surface area contributed by atoms with Crippen LogP contribution in [0, 0.1) is 11.3 Å². The first kappa shape index (κ1) is 16.5. The van der Waals surface area contributed by atoms with E-state index in [1.54, 1.807) is 4.90 Å². The van der Waals surface area contributed by atoms with Gasteiger partial charge in [-0.15, -0.1) is 0 Å². The lowest BCUT2D eigenvalue weighted by Gasteiger charge is -2.39. The number of nitrogens with zero attached hydrogens (tertiary/aromatic N) is 1. The van der Waals surface area contributed by atoms with E-state index < -0.39 is 23.3 Å². The number of piperidine rings is 1. The Labute approximate surface area is 131 Å². The van der Waals surface area contributed by atoms with Crippen molar-refractivity contribution in [2.24, 2.45) is 17.1 Å². The lowest BCUT2D eigenvalue weighted by Crippen LogP contribution is -2.50. The van der Waals surface area contributed by atoms with Crippen molar-refractivity contribution in [3.63, 3.8) is 0 Å². The molecule has 2 unspecified atom stereocenters. The van der Waals surface area contributed by atoms with E-state index in [2.05, 4.69) is 0 Å². The number of amides is 1. The minimum Gasteiger partial charge on any atom is -0.481 e. The molecule has 3 N–H and O–H groups in total. The van der Waals surface area contributed by atoms with E-state index in [0.29, 0.717) is 13.0 Å². The maximum absolute atomic E-state index is 12.9. The number of hydrogen-bond acceptors (Lipinski definition) is 3. The molecule has 5 nitrogen and oxygen atoms in total. The summed E-state index contributed by atoms with van der Waals surface area (Å²) in [7, 11) is 0. The molecule has 1 aromatic carbocycles. The molecule has 0 radical (unpaired) electrons. The second-order valence-electron chi connectivity index (χ2n) is 6.54. The molecule has 1 aliphatic heterocycles. The molecule has 22 heavy (non-hydrogen) atoms. The maximum atomic E-state index is 12.9. The van der Waals surface area contributed by atoms with Crippen molar-refractivity contribution in [1.29, 1.82) is 0 Å². The van der Waals surface area contributed by atoms with Crippen LogP contribution in [0.1, 0.15) is 38.3 Å². The first-order valence-corrected chi connectivity index (χ1v) is 7.66. The number of rotatable bonds is 4. The Morgan fingerprint density at radius 1 is 1.32 bits per heavy atom. The SMILES string of the molecule is CC(C)(C(=O)N1CCCC(C(=O)O)C1)C(N)c1ccccc1. The zero-order valence-electron chi connectivity index (χ0n) is 13.2. The normalized spacial score (nSPS) is 20.5. The van der Waals surface area contributed by atoms with Gasteiger partial charge in [0.15, 0.2) is 0 Å². The van der Waals surface area contributed by atoms with Crippen molar-refractivity contribution >= 4 is 11.9 Å². The monoisotopic (exact) mass is 304 g/mol. The highest BCUT2D eigenvalue weighted by molar-refractivity contribution is 5.84. The van der Waals surface area contributed by atoms with Gasteiger partial charge in [0.05, 0.1) is 11.3 Å². The van der Waals surface area contributed by atoms with Crippen LogP contribution in [0.2, 0.25) is 0 Å².